The highest BCUT2D eigenvalue weighted by atomic mass is 32.2. The van der Waals surface area contributed by atoms with Gasteiger partial charge in [0.15, 0.2) is 0 Å². The summed E-state index contributed by atoms with van der Waals surface area (Å²) in [6.45, 7) is 1.39. The molecule has 7 heteroatoms. The summed E-state index contributed by atoms with van der Waals surface area (Å²) >= 11 is 1.69. The monoisotopic (exact) mass is 350 g/mol. The highest BCUT2D eigenvalue weighted by Crippen LogP contribution is 2.28. The SMILES string of the molecule is CC(=O)NC(CC(=O)NC1(C(=O)O)CCSCC1)c1ccccc1. The summed E-state index contributed by atoms with van der Waals surface area (Å²) < 4.78 is 0. The molecule has 3 N–H and O–H groups in total. The zero-order valence-electron chi connectivity index (χ0n) is 13.6. The van der Waals surface area contributed by atoms with Gasteiger partial charge in [0.25, 0.3) is 0 Å². The number of thioether (sulfide) groups is 1. The van der Waals surface area contributed by atoms with Gasteiger partial charge in [-0.15, -0.1) is 0 Å². The minimum Gasteiger partial charge on any atom is -0.480 e. The fourth-order valence-corrected chi connectivity index (χ4v) is 3.99. The molecule has 130 valence electrons. The van der Waals surface area contributed by atoms with Crippen LogP contribution in [0.4, 0.5) is 0 Å². The Kier molecular flexibility index (Phi) is 6.25. The number of rotatable bonds is 6. The number of benzene rings is 1. The molecule has 1 fully saturated rings. The molecule has 0 saturated carbocycles. The summed E-state index contributed by atoms with van der Waals surface area (Å²) in [5.74, 6) is -0.182. The fourth-order valence-electron chi connectivity index (χ4n) is 2.80. The van der Waals surface area contributed by atoms with Crippen LogP contribution in [0.1, 0.15) is 37.8 Å². The van der Waals surface area contributed by atoms with E-state index in [1.165, 1.54) is 6.92 Å². The fraction of sp³-hybridized carbons (Fsp3) is 0.471. The third-order valence-corrected chi connectivity index (χ3v) is 5.09. The minimum atomic E-state index is -1.19. The average Bonchev–Trinajstić information content (AvgIpc) is 2.55. The summed E-state index contributed by atoms with van der Waals surface area (Å²) in [7, 11) is 0. The lowest BCUT2D eigenvalue weighted by molar-refractivity contribution is -0.148. The predicted molar refractivity (Wildman–Crippen MR) is 92.7 cm³/mol. The van der Waals surface area contributed by atoms with Gasteiger partial charge in [-0.05, 0) is 29.9 Å². The Balaban J connectivity index is 2.09. The van der Waals surface area contributed by atoms with Gasteiger partial charge in [-0.3, -0.25) is 9.59 Å². The van der Waals surface area contributed by atoms with Crippen molar-refractivity contribution in [2.45, 2.75) is 37.8 Å². The molecule has 2 rings (SSSR count). The molecule has 6 nitrogen and oxygen atoms in total. The first-order chi connectivity index (χ1) is 11.4. The summed E-state index contributed by atoms with van der Waals surface area (Å²) in [5.41, 5.74) is -0.383. The highest BCUT2D eigenvalue weighted by molar-refractivity contribution is 7.99. The van der Waals surface area contributed by atoms with E-state index in [1.807, 2.05) is 30.3 Å². The number of carboxylic acid groups (broad SMARTS) is 1. The molecule has 1 unspecified atom stereocenters. The van der Waals surface area contributed by atoms with E-state index in [0.717, 1.165) is 5.56 Å². The molecule has 2 amide bonds. The van der Waals surface area contributed by atoms with Crippen LogP contribution in [0, 0.1) is 0 Å². The normalized spacial score (nSPS) is 17.5. The zero-order chi connectivity index (χ0) is 17.6. The molecule has 0 bridgehead atoms. The molecule has 1 atom stereocenters. The van der Waals surface area contributed by atoms with Crippen LogP contribution in [-0.2, 0) is 14.4 Å². The predicted octanol–water partition coefficient (Wildman–Crippen LogP) is 1.72. The molecular weight excluding hydrogens is 328 g/mol. The summed E-state index contributed by atoms with van der Waals surface area (Å²) in [5, 5.41) is 15.0. The van der Waals surface area contributed by atoms with Gasteiger partial charge in [0.1, 0.15) is 5.54 Å². The molecular formula is C17H22N2O4S. The van der Waals surface area contributed by atoms with Crippen LogP contribution in [0.25, 0.3) is 0 Å². The number of hydrogen-bond acceptors (Lipinski definition) is 4. The Labute approximate surface area is 145 Å². The lowest BCUT2D eigenvalue weighted by Gasteiger charge is -2.34. The van der Waals surface area contributed by atoms with Gasteiger partial charge in [-0.25, -0.2) is 4.79 Å². The smallest absolute Gasteiger partial charge is 0.329 e. The van der Waals surface area contributed by atoms with Crippen LogP contribution >= 0.6 is 11.8 Å². The van der Waals surface area contributed by atoms with Crippen molar-refractivity contribution >= 4 is 29.5 Å². The first-order valence-corrected chi connectivity index (χ1v) is 9.02. The molecule has 0 spiro atoms. The van der Waals surface area contributed by atoms with Crippen LogP contribution in [-0.4, -0.2) is 39.9 Å². The maximum atomic E-state index is 12.5. The van der Waals surface area contributed by atoms with Crippen molar-refractivity contribution < 1.29 is 19.5 Å². The topological polar surface area (TPSA) is 95.5 Å². The van der Waals surface area contributed by atoms with Crippen molar-refractivity contribution in [2.24, 2.45) is 0 Å². The van der Waals surface area contributed by atoms with Gasteiger partial charge in [-0.1, -0.05) is 30.3 Å². The second-order valence-corrected chi connectivity index (χ2v) is 7.14. The van der Waals surface area contributed by atoms with E-state index in [0.29, 0.717) is 24.3 Å². The van der Waals surface area contributed by atoms with E-state index in [9.17, 15) is 19.5 Å². The Hall–Kier alpha value is -2.02. The first kappa shape index (κ1) is 18.3. The lowest BCUT2D eigenvalue weighted by atomic mass is 9.91. The number of aliphatic carboxylic acids is 1. The molecule has 1 heterocycles. The van der Waals surface area contributed by atoms with Crippen LogP contribution in [0.15, 0.2) is 30.3 Å². The van der Waals surface area contributed by atoms with Crippen LogP contribution < -0.4 is 10.6 Å². The Morgan fingerprint density at radius 1 is 1.21 bits per heavy atom. The van der Waals surface area contributed by atoms with Crippen LogP contribution in [0.2, 0.25) is 0 Å². The van der Waals surface area contributed by atoms with Gasteiger partial charge in [0.05, 0.1) is 12.5 Å². The van der Waals surface area contributed by atoms with Gasteiger partial charge in [-0.2, -0.15) is 11.8 Å². The van der Waals surface area contributed by atoms with Crippen molar-refractivity contribution in [3.8, 4) is 0 Å². The highest BCUT2D eigenvalue weighted by Gasteiger charge is 2.41. The molecule has 1 aliphatic heterocycles. The van der Waals surface area contributed by atoms with Gasteiger partial charge < -0.3 is 15.7 Å². The van der Waals surface area contributed by atoms with Crippen molar-refractivity contribution in [1.29, 1.82) is 0 Å². The Bertz CT molecular complexity index is 600. The van der Waals surface area contributed by atoms with E-state index in [4.69, 9.17) is 0 Å². The number of carboxylic acids is 1. The van der Waals surface area contributed by atoms with Crippen molar-refractivity contribution in [2.75, 3.05) is 11.5 Å². The van der Waals surface area contributed by atoms with E-state index in [-0.39, 0.29) is 18.2 Å². The van der Waals surface area contributed by atoms with E-state index in [2.05, 4.69) is 10.6 Å². The molecule has 24 heavy (non-hydrogen) atoms. The molecule has 0 aliphatic carbocycles. The van der Waals surface area contributed by atoms with E-state index in [1.54, 1.807) is 11.8 Å². The maximum absolute atomic E-state index is 12.5. The average molecular weight is 350 g/mol. The third-order valence-electron chi connectivity index (χ3n) is 4.10. The molecule has 1 aromatic rings. The van der Waals surface area contributed by atoms with Crippen molar-refractivity contribution in [1.82, 2.24) is 10.6 Å². The zero-order valence-corrected chi connectivity index (χ0v) is 14.4. The van der Waals surface area contributed by atoms with Crippen molar-refractivity contribution in [3.63, 3.8) is 0 Å². The maximum Gasteiger partial charge on any atom is 0.329 e. The Morgan fingerprint density at radius 2 is 1.83 bits per heavy atom. The third kappa shape index (κ3) is 4.74. The van der Waals surface area contributed by atoms with Crippen LogP contribution in [0.3, 0.4) is 0 Å². The van der Waals surface area contributed by atoms with Crippen LogP contribution in [0.5, 0.6) is 0 Å². The number of amides is 2. The van der Waals surface area contributed by atoms with E-state index >= 15 is 0 Å². The summed E-state index contributed by atoms with van der Waals surface area (Å²) in [4.78, 5) is 35.5. The number of carbonyl (C=O) groups excluding carboxylic acids is 2. The second-order valence-electron chi connectivity index (χ2n) is 5.92. The minimum absolute atomic E-state index is 0.00572. The van der Waals surface area contributed by atoms with Crippen molar-refractivity contribution in [3.05, 3.63) is 35.9 Å². The molecule has 1 saturated heterocycles. The quantitative estimate of drug-likeness (QED) is 0.726. The van der Waals surface area contributed by atoms with Gasteiger partial charge in [0.2, 0.25) is 11.8 Å². The first-order valence-electron chi connectivity index (χ1n) is 7.87. The standard InChI is InChI=1S/C17H22N2O4S/c1-12(20)18-14(13-5-3-2-4-6-13)11-15(21)19-17(16(22)23)7-9-24-10-8-17/h2-6,14H,7-11H2,1H3,(H,18,20)(H,19,21)(H,22,23). The number of carbonyl (C=O) groups is 3. The van der Waals surface area contributed by atoms with E-state index < -0.39 is 17.6 Å². The lowest BCUT2D eigenvalue weighted by Crippen LogP contribution is -2.57. The molecule has 1 aliphatic rings. The van der Waals surface area contributed by atoms with Gasteiger partial charge in [0, 0.05) is 6.92 Å². The van der Waals surface area contributed by atoms with Gasteiger partial charge >= 0.3 is 5.97 Å². The largest absolute Gasteiger partial charge is 0.480 e. The number of hydrogen-bond donors (Lipinski definition) is 3. The summed E-state index contributed by atoms with van der Waals surface area (Å²) in [6.07, 6.45) is 0.829. The Morgan fingerprint density at radius 3 is 2.38 bits per heavy atom. The number of nitrogens with one attached hydrogen (secondary N) is 2. The molecule has 0 radical (unpaired) electrons. The molecule has 0 aromatic heterocycles. The second kappa shape index (κ2) is 8.19. The molecule has 1 aromatic carbocycles. The summed E-state index contributed by atoms with van der Waals surface area (Å²) in [6, 6.07) is 8.70.